The highest BCUT2D eigenvalue weighted by molar-refractivity contribution is 9.10. The number of carbonyl (C=O) groups is 2. The van der Waals surface area contributed by atoms with Gasteiger partial charge in [-0.15, -0.1) is 10.2 Å². The third-order valence-electron chi connectivity index (χ3n) is 4.98. The Hall–Kier alpha value is -2.85. The van der Waals surface area contributed by atoms with Crippen molar-refractivity contribution in [2.45, 2.75) is 38.4 Å². The summed E-state index contributed by atoms with van der Waals surface area (Å²) in [4.78, 5) is 24.5. The summed E-state index contributed by atoms with van der Waals surface area (Å²) in [5.41, 5.74) is 2.87. The number of nitrogens with zero attached hydrogens (tertiary/aromatic N) is 3. The van der Waals surface area contributed by atoms with Gasteiger partial charge < -0.3 is 19.9 Å². The van der Waals surface area contributed by atoms with E-state index < -0.39 is 0 Å². The van der Waals surface area contributed by atoms with Gasteiger partial charge in [0.25, 0.3) is 5.91 Å². The normalized spacial score (nSPS) is 10.9. The van der Waals surface area contributed by atoms with E-state index >= 15 is 0 Å². The van der Waals surface area contributed by atoms with Crippen LogP contribution in [-0.4, -0.2) is 38.9 Å². The van der Waals surface area contributed by atoms with Crippen LogP contribution in [0, 0.1) is 6.92 Å². The fourth-order valence-corrected chi connectivity index (χ4v) is 4.09. The van der Waals surface area contributed by atoms with E-state index in [1.807, 2.05) is 49.4 Å². The molecule has 0 aliphatic carbocycles. The minimum Gasteiger partial charge on any atom is -0.483 e. The quantitative estimate of drug-likeness (QED) is 0.365. The first kappa shape index (κ1) is 25.8. The lowest BCUT2D eigenvalue weighted by Crippen LogP contribution is -2.29. The van der Waals surface area contributed by atoms with E-state index in [9.17, 15) is 9.59 Å². The van der Waals surface area contributed by atoms with Crippen LogP contribution in [-0.2, 0) is 23.2 Å². The molecular weight excluding hydrogens is 518 g/mol. The molecule has 0 aliphatic rings. The van der Waals surface area contributed by atoms with Crippen LogP contribution in [0.2, 0.25) is 0 Å². The Morgan fingerprint density at radius 2 is 1.85 bits per heavy atom. The molecule has 0 unspecified atom stereocenters. The monoisotopic (exact) mass is 545 g/mol. The van der Waals surface area contributed by atoms with Gasteiger partial charge in [0.15, 0.2) is 17.6 Å². The SMILES string of the molecule is Cc1ccc(C(C)C)c(OCC(=O)NCc2nnc(SCC(=O)Nc3ccc(Br)cc3)n2C)c1. The van der Waals surface area contributed by atoms with Crippen LogP contribution < -0.4 is 15.4 Å². The summed E-state index contributed by atoms with van der Waals surface area (Å²) in [6.45, 7) is 6.30. The Balaban J connectivity index is 1.47. The van der Waals surface area contributed by atoms with Crippen molar-refractivity contribution in [3.8, 4) is 5.75 Å². The van der Waals surface area contributed by atoms with Crippen LogP contribution in [0.15, 0.2) is 52.1 Å². The number of anilines is 1. The zero-order chi connectivity index (χ0) is 24.7. The Morgan fingerprint density at radius 1 is 1.12 bits per heavy atom. The summed E-state index contributed by atoms with van der Waals surface area (Å²) < 4.78 is 8.48. The average molecular weight is 546 g/mol. The van der Waals surface area contributed by atoms with Crippen molar-refractivity contribution >= 4 is 45.2 Å². The van der Waals surface area contributed by atoms with Crippen molar-refractivity contribution in [1.82, 2.24) is 20.1 Å². The number of halogens is 1. The first-order chi connectivity index (χ1) is 16.2. The standard InChI is InChI=1S/C24H28BrN5O3S/c1-15(2)19-10-5-16(3)11-20(19)33-13-22(31)26-12-21-28-29-24(30(21)4)34-14-23(32)27-18-8-6-17(25)7-9-18/h5-11,15H,12-14H2,1-4H3,(H,26,31)(H,27,32). The molecule has 8 nitrogen and oxygen atoms in total. The summed E-state index contributed by atoms with van der Waals surface area (Å²) in [6, 6.07) is 13.4. The average Bonchev–Trinajstić information content (AvgIpc) is 3.15. The van der Waals surface area contributed by atoms with Gasteiger partial charge in [-0.3, -0.25) is 9.59 Å². The predicted molar refractivity (Wildman–Crippen MR) is 137 cm³/mol. The van der Waals surface area contributed by atoms with Gasteiger partial charge in [0.2, 0.25) is 5.91 Å². The lowest BCUT2D eigenvalue weighted by molar-refractivity contribution is -0.123. The second-order valence-corrected chi connectivity index (χ2v) is 9.92. The van der Waals surface area contributed by atoms with E-state index in [-0.39, 0.29) is 30.7 Å². The lowest BCUT2D eigenvalue weighted by atomic mass is 10.0. The molecule has 0 aliphatic heterocycles. The topological polar surface area (TPSA) is 98.1 Å². The molecule has 180 valence electrons. The molecule has 2 N–H and O–H groups in total. The van der Waals surface area contributed by atoms with Crippen molar-refractivity contribution < 1.29 is 14.3 Å². The number of carbonyl (C=O) groups excluding carboxylic acids is 2. The van der Waals surface area contributed by atoms with Gasteiger partial charge in [-0.25, -0.2) is 0 Å². The van der Waals surface area contributed by atoms with Crippen molar-refractivity contribution in [3.05, 3.63) is 63.9 Å². The van der Waals surface area contributed by atoms with E-state index in [0.717, 1.165) is 27.0 Å². The Morgan fingerprint density at radius 3 is 2.56 bits per heavy atom. The minimum absolute atomic E-state index is 0.0845. The molecule has 0 saturated heterocycles. The number of amides is 2. The Labute approximate surface area is 212 Å². The van der Waals surface area contributed by atoms with Gasteiger partial charge in [-0.1, -0.05) is 53.7 Å². The molecule has 2 amide bonds. The zero-order valence-electron chi connectivity index (χ0n) is 19.6. The van der Waals surface area contributed by atoms with Gasteiger partial charge in [0.1, 0.15) is 5.75 Å². The summed E-state index contributed by atoms with van der Waals surface area (Å²) in [6.07, 6.45) is 0. The van der Waals surface area contributed by atoms with E-state index in [0.29, 0.717) is 16.9 Å². The highest BCUT2D eigenvalue weighted by atomic mass is 79.9. The largest absolute Gasteiger partial charge is 0.483 e. The molecule has 3 aromatic rings. The van der Waals surface area contributed by atoms with E-state index in [4.69, 9.17) is 4.74 Å². The number of aromatic nitrogens is 3. The summed E-state index contributed by atoms with van der Waals surface area (Å²) in [7, 11) is 1.80. The van der Waals surface area contributed by atoms with E-state index in [1.54, 1.807) is 11.6 Å². The zero-order valence-corrected chi connectivity index (χ0v) is 22.0. The van der Waals surface area contributed by atoms with Crippen molar-refractivity contribution in [2.75, 3.05) is 17.7 Å². The number of hydrogen-bond acceptors (Lipinski definition) is 6. The van der Waals surface area contributed by atoms with Crippen molar-refractivity contribution in [2.24, 2.45) is 7.05 Å². The fraction of sp³-hybridized carbons (Fsp3) is 0.333. The molecule has 0 spiro atoms. The lowest BCUT2D eigenvalue weighted by Gasteiger charge is -2.14. The number of hydrogen-bond donors (Lipinski definition) is 2. The van der Waals surface area contributed by atoms with Crippen LogP contribution in [0.1, 0.15) is 36.7 Å². The second-order valence-electron chi connectivity index (χ2n) is 8.06. The first-order valence-corrected chi connectivity index (χ1v) is 12.6. The minimum atomic E-state index is -0.248. The third kappa shape index (κ3) is 7.33. The maximum absolute atomic E-state index is 12.3. The number of ether oxygens (including phenoxy) is 1. The molecule has 1 heterocycles. The molecule has 0 saturated carbocycles. The molecule has 1 aromatic heterocycles. The van der Waals surface area contributed by atoms with Crippen LogP contribution in [0.5, 0.6) is 5.75 Å². The van der Waals surface area contributed by atoms with Gasteiger partial charge in [-0.05, 0) is 54.3 Å². The van der Waals surface area contributed by atoms with Crippen LogP contribution in [0.3, 0.4) is 0 Å². The summed E-state index contributed by atoms with van der Waals surface area (Å²) in [5, 5.41) is 14.5. The molecule has 3 rings (SSSR count). The first-order valence-electron chi connectivity index (χ1n) is 10.8. The summed E-state index contributed by atoms with van der Waals surface area (Å²) in [5.74, 6) is 1.41. The number of aryl methyl sites for hydroxylation is 1. The number of benzene rings is 2. The molecule has 2 aromatic carbocycles. The van der Waals surface area contributed by atoms with Gasteiger partial charge in [0.05, 0.1) is 12.3 Å². The van der Waals surface area contributed by atoms with Crippen LogP contribution in [0.25, 0.3) is 0 Å². The summed E-state index contributed by atoms with van der Waals surface area (Å²) >= 11 is 4.64. The van der Waals surface area contributed by atoms with Crippen LogP contribution >= 0.6 is 27.7 Å². The smallest absolute Gasteiger partial charge is 0.258 e. The van der Waals surface area contributed by atoms with E-state index in [2.05, 4.69) is 50.6 Å². The van der Waals surface area contributed by atoms with Crippen molar-refractivity contribution in [1.29, 1.82) is 0 Å². The molecule has 0 radical (unpaired) electrons. The van der Waals surface area contributed by atoms with Gasteiger partial charge >= 0.3 is 0 Å². The number of nitrogens with one attached hydrogen (secondary N) is 2. The maximum Gasteiger partial charge on any atom is 0.258 e. The molecule has 0 fully saturated rings. The maximum atomic E-state index is 12.3. The van der Waals surface area contributed by atoms with E-state index in [1.165, 1.54) is 11.8 Å². The molecule has 0 bridgehead atoms. The number of thioether (sulfide) groups is 1. The Kier molecular flexibility index (Phi) is 9.12. The van der Waals surface area contributed by atoms with Crippen molar-refractivity contribution in [3.63, 3.8) is 0 Å². The molecule has 0 atom stereocenters. The highest BCUT2D eigenvalue weighted by Crippen LogP contribution is 2.27. The highest BCUT2D eigenvalue weighted by Gasteiger charge is 2.14. The third-order valence-corrected chi connectivity index (χ3v) is 6.53. The van der Waals surface area contributed by atoms with Gasteiger partial charge in [0, 0.05) is 17.2 Å². The molecule has 34 heavy (non-hydrogen) atoms. The van der Waals surface area contributed by atoms with Crippen LogP contribution in [0.4, 0.5) is 5.69 Å². The molecule has 10 heteroatoms. The van der Waals surface area contributed by atoms with Gasteiger partial charge in [-0.2, -0.15) is 0 Å². The predicted octanol–water partition coefficient (Wildman–Crippen LogP) is 4.44. The Bertz CT molecular complexity index is 1150. The number of rotatable bonds is 10. The fourth-order valence-electron chi connectivity index (χ4n) is 3.10. The second kappa shape index (κ2) is 12.0. The molecular formula is C24H28BrN5O3S.